The first-order valence-electron chi connectivity index (χ1n) is 3.76. The standard InChI is InChI=1S/C7H13FN4/c1-5(9)7(2,8)6-4-12(3)11-10-6/h4-5H,9H2,1-3H3. The van der Waals surface area contributed by atoms with E-state index in [0.29, 0.717) is 0 Å². The summed E-state index contributed by atoms with van der Waals surface area (Å²) in [6, 6.07) is -0.589. The maximum Gasteiger partial charge on any atom is 0.168 e. The van der Waals surface area contributed by atoms with Crippen LogP contribution < -0.4 is 5.73 Å². The monoisotopic (exact) mass is 172 g/mol. The number of aromatic nitrogens is 3. The van der Waals surface area contributed by atoms with Crippen LogP contribution in [0.4, 0.5) is 4.39 Å². The lowest BCUT2D eigenvalue weighted by Crippen LogP contribution is -2.37. The zero-order valence-electron chi connectivity index (χ0n) is 7.45. The molecule has 0 aliphatic rings. The Morgan fingerprint density at radius 2 is 2.33 bits per heavy atom. The molecule has 2 N–H and O–H groups in total. The summed E-state index contributed by atoms with van der Waals surface area (Å²) in [4.78, 5) is 0. The molecule has 0 aliphatic carbocycles. The van der Waals surface area contributed by atoms with Gasteiger partial charge in [0.25, 0.3) is 0 Å². The molecule has 5 heteroatoms. The molecule has 1 aromatic rings. The third-order valence-electron chi connectivity index (χ3n) is 1.96. The molecular formula is C7H13FN4. The molecule has 0 saturated carbocycles. The molecule has 0 amide bonds. The number of alkyl halides is 1. The molecule has 0 bridgehead atoms. The van der Waals surface area contributed by atoms with Gasteiger partial charge in [-0.3, -0.25) is 4.68 Å². The summed E-state index contributed by atoms with van der Waals surface area (Å²) in [5.74, 6) is 0. The van der Waals surface area contributed by atoms with Crippen LogP contribution >= 0.6 is 0 Å². The highest BCUT2D eigenvalue weighted by Gasteiger charge is 2.33. The average Bonchev–Trinajstić information content (AvgIpc) is 2.35. The largest absolute Gasteiger partial charge is 0.325 e. The van der Waals surface area contributed by atoms with Gasteiger partial charge in [0.1, 0.15) is 5.69 Å². The van der Waals surface area contributed by atoms with Crippen LogP contribution in [-0.2, 0) is 12.7 Å². The summed E-state index contributed by atoms with van der Waals surface area (Å²) >= 11 is 0. The van der Waals surface area contributed by atoms with Crippen molar-refractivity contribution in [2.75, 3.05) is 0 Å². The summed E-state index contributed by atoms with van der Waals surface area (Å²) in [5, 5.41) is 7.30. The van der Waals surface area contributed by atoms with Crippen LogP contribution in [0.3, 0.4) is 0 Å². The van der Waals surface area contributed by atoms with Crippen molar-refractivity contribution >= 4 is 0 Å². The Labute approximate surface area is 70.6 Å². The molecule has 2 unspecified atom stereocenters. The zero-order chi connectivity index (χ0) is 9.35. The Kier molecular flexibility index (Phi) is 2.14. The molecule has 1 aromatic heterocycles. The lowest BCUT2D eigenvalue weighted by molar-refractivity contribution is 0.151. The summed E-state index contributed by atoms with van der Waals surface area (Å²) in [6.07, 6.45) is 1.53. The van der Waals surface area contributed by atoms with E-state index < -0.39 is 11.7 Å². The first-order chi connectivity index (χ1) is 5.44. The number of nitrogens with two attached hydrogens (primary N) is 1. The number of hydrogen-bond acceptors (Lipinski definition) is 3. The Hall–Kier alpha value is -0.970. The van der Waals surface area contributed by atoms with Crippen LogP contribution in [0.1, 0.15) is 19.5 Å². The quantitative estimate of drug-likeness (QED) is 0.700. The minimum Gasteiger partial charge on any atom is -0.325 e. The summed E-state index contributed by atoms with van der Waals surface area (Å²) in [6.45, 7) is 3.01. The topological polar surface area (TPSA) is 56.7 Å². The van der Waals surface area contributed by atoms with E-state index in [9.17, 15) is 4.39 Å². The van der Waals surface area contributed by atoms with Crippen molar-refractivity contribution in [2.24, 2.45) is 12.8 Å². The number of rotatable bonds is 2. The molecule has 0 aliphatic heterocycles. The van der Waals surface area contributed by atoms with Crippen molar-refractivity contribution in [3.8, 4) is 0 Å². The van der Waals surface area contributed by atoms with Crippen LogP contribution in [0.5, 0.6) is 0 Å². The fourth-order valence-electron chi connectivity index (χ4n) is 0.805. The maximum absolute atomic E-state index is 13.7. The van der Waals surface area contributed by atoms with Gasteiger partial charge < -0.3 is 5.73 Å². The van der Waals surface area contributed by atoms with Gasteiger partial charge in [-0.15, -0.1) is 5.10 Å². The molecule has 1 heterocycles. The Morgan fingerprint density at radius 1 is 1.75 bits per heavy atom. The second-order valence-electron chi connectivity index (χ2n) is 3.14. The maximum atomic E-state index is 13.7. The van der Waals surface area contributed by atoms with E-state index in [-0.39, 0.29) is 5.69 Å². The van der Waals surface area contributed by atoms with E-state index in [1.165, 1.54) is 17.8 Å². The second kappa shape index (κ2) is 2.82. The lowest BCUT2D eigenvalue weighted by atomic mass is 9.98. The van der Waals surface area contributed by atoms with Gasteiger partial charge in [-0.25, -0.2) is 4.39 Å². The number of aryl methyl sites for hydroxylation is 1. The van der Waals surface area contributed by atoms with Crippen LogP contribution in [0.25, 0.3) is 0 Å². The van der Waals surface area contributed by atoms with Gasteiger partial charge in [0, 0.05) is 13.1 Å². The average molecular weight is 172 g/mol. The number of hydrogen-bond donors (Lipinski definition) is 1. The van der Waals surface area contributed by atoms with Crippen LogP contribution in [-0.4, -0.2) is 21.0 Å². The molecular weight excluding hydrogens is 159 g/mol. The van der Waals surface area contributed by atoms with Gasteiger partial charge in [0.05, 0.1) is 6.20 Å². The first kappa shape index (κ1) is 9.12. The number of nitrogens with zero attached hydrogens (tertiary/aromatic N) is 3. The molecule has 0 aromatic carbocycles. The van der Waals surface area contributed by atoms with Crippen molar-refractivity contribution < 1.29 is 4.39 Å². The fraction of sp³-hybridized carbons (Fsp3) is 0.714. The molecule has 1 rings (SSSR count). The van der Waals surface area contributed by atoms with E-state index in [4.69, 9.17) is 5.73 Å². The van der Waals surface area contributed by atoms with Crippen LogP contribution in [0.15, 0.2) is 6.20 Å². The van der Waals surface area contributed by atoms with E-state index in [1.54, 1.807) is 14.0 Å². The fourth-order valence-corrected chi connectivity index (χ4v) is 0.805. The third-order valence-corrected chi connectivity index (χ3v) is 1.96. The molecule has 2 atom stereocenters. The van der Waals surface area contributed by atoms with Crippen molar-refractivity contribution in [1.82, 2.24) is 15.0 Å². The minimum atomic E-state index is -1.60. The molecule has 0 radical (unpaired) electrons. The Morgan fingerprint density at radius 3 is 2.67 bits per heavy atom. The third kappa shape index (κ3) is 1.45. The van der Waals surface area contributed by atoms with Gasteiger partial charge in [-0.05, 0) is 13.8 Å². The molecule has 0 saturated heterocycles. The normalized spacial score (nSPS) is 18.8. The number of halogens is 1. The van der Waals surface area contributed by atoms with Gasteiger partial charge in [-0.2, -0.15) is 0 Å². The second-order valence-corrected chi connectivity index (χ2v) is 3.14. The van der Waals surface area contributed by atoms with E-state index in [2.05, 4.69) is 10.3 Å². The van der Waals surface area contributed by atoms with Gasteiger partial charge in [0.15, 0.2) is 5.67 Å². The summed E-state index contributed by atoms with van der Waals surface area (Å²) in [7, 11) is 1.69. The van der Waals surface area contributed by atoms with Crippen LogP contribution in [0, 0.1) is 0 Å². The molecule has 0 spiro atoms. The molecule has 4 nitrogen and oxygen atoms in total. The highest BCUT2D eigenvalue weighted by Crippen LogP contribution is 2.25. The van der Waals surface area contributed by atoms with Crippen LogP contribution in [0.2, 0.25) is 0 Å². The summed E-state index contributed by atoms with van der Waals surface area (Å²) in [5.41, 5.74) is 4.13. The molecule has 68 valence electrons. The van der Waals surface area contributed by atoms with Crippen molar-refractivity contribution in [1.29, 1.82) is 0 Å². The van der Waals surface area contributed by atoms with Crippen molar-refractivity contribution in [3.63, 3.8) is 0 Å². The Bertz CT molecular complexity index is 266. The van der Waals surface area contributed by atoms with E-state index >= 15 is 0 Å². The van der Waals surface area contributed by atoms with Crippen molar-refractivity contribution in [3.05, 3.63) is 11.9 Å². The summed E-state index contributed by atoms with van der Waals surface area (Å²) < 4.78 is 15.2. The van der Waals surface area contributed by atoms with Gasteiger partial charge in [0.2, 0.25) is 0 Å². The Balaban J connectivity index is 2.97. The molecule has 0 fully saturated rings. The predicted molar refractivity (Wildman–Crippen MR) is 43.1 cm³/mol. The van der Waals surface area contributed by atoms with Gasteiger partial charge >= 0.3 is 0 Å². The van der Waals surface area contributed by atoms with E-state index in [0.717, 1.165) is 0 Å². The highest BCUT2D eigenvalue weighted by molar-refractivity contribution is 5.08. The zero-order valence-corrected chi connectivity index (χ0v) is 7.45. The lowest BCUT2D eigenvalue weighted by Gasteiger charge is -2.21. The van der Waals surface area contributed by atoms with Crippen molar-refractivity contribution in [2.45, 2.75) is 25.6 Å². The van der Waals surface area contributed by atoms with E-state index in [1.807, 2.05) is 0 Å². The first-order valence-corrected chi connectivity index (χ1v) is 3.76. The minimum absolute atomic E-state index is 0.278. The predicted octanol–water partition coefficient (Wildman–Crippen LogP) is 0.347. The van der Waals surface area contributed by atoms with Gasteiger partial charge in [-0.1, -0.05) is 5.21 Å². The smallest absolute Gasteiger partial charge is 0.168 e. The molecule has 12 heavy (non-hydrogen) atoms. The highest BCUT2D eigenvalue weighted by atomic mass is 19.1. The SMILES string of the molecule is CC(N)C(C)(F)c1cn(C)nn1.